The van der Waals surface area contributed by atoms with Crippen LogP contribution in [-0.4, -0.2) is 22.2 Å². The number of alkyl halides is 2. The Morgan fingerprint density at radius 1 is 1.77 bits per heavy atom. The van der Waals surface area contributed by atoms with Gasteiger partial charge in [0.1, 0.15) is 6.54 Å². The van der Waals surface area contributed by atoms with E-state index < -0.39 is 18.9 Å². The molecule has 0 saturated carbocycles. The maximum absolute atomic E-state index is 11.9. The Morgan fingerprint density at radius 2 is 2.46 bits per heavy atom. The molecule has 0 atom stereocenters. The summed E-state index contributed by atoms with van der Waals surface area (Å²) in [7, 11) is 0. The van der Waals surface area contributed by atoms with Gasteiger partial charge in [0.15, 0.2) is 0 Å². The van der Waals surface area contributed by atoms with Crippen LogP contribution in [0.5, 0.6) is 5.88 Å². The Hall–Kier alpha value is -1.46. The zero-order valence-corrected chi connectivity index (χ0v) is 6.91. The molecule has 72 valence electrons. The molecule has 13 heavy (non-hydrogen) atoms. The van der Waals surface area contributed by atoms with Gasteiger partial charge < -0.3 is 4.74 Å². The van der Waals surface area contributed by atoms with Gasteiger partial charge in [-0.1, -0.05) is 0 Å². The molecule has 0 aromatic carbocycles. The number of carbonyl (C=O) groups excluding carboxylic acids is 1. The highest BCUT2D eigenvalue weighted by molar-refractivity contribution is 5.68. The van der Waals surface area contributed by atoms with Crippen LogP contribution in [0.4, 0.5) is 8.78 Å². The van der Waals surface area contributed by atoms with Crippen LogP contribution in [0.1, 0.15) is 6.92 Å². The number of ether oxygens (including phenoxy) is 1. The Morgan fingerprint density at radius 3 is 3.00 bits per heavy atom. The molecule has 1 rings (SSSR count). The van der Waals surface area contributed by atoms with Crippen LogP contribution < -0.4 is 4.74 Å². The molecule has 0 bridgehead atoms. The monoisotopic (exact) mass is 190 g/mol. The molecule has 1 aromatic rings. The number of rotatable bonds is 3. The van der Waals surface area contributed by atoms with E-state index in [4.69, 9.17) is 0 Å². The van der Waals surface area contributed by atoms with Crippen LogP contribution in [0.25, 0.3) is 0 Å². The van der Waals surface area contributed by atoms with Gasteiger partial charge in [0, 0.05) is 13.0 Å². The molecule has 0 fully saturated rings. The summed E-state index contributed by atoms with van der Waals surface area (Å²) < 4.78 is 29.4. The molecule has 0 unspecified atom stereocenters. The van der Waals surface area contributed by atoms with Crippen molar-refractivity contribution in [3.63, 3.8) is 0 Å². The maximum atomic E-state index is 11.9. The second kappa shape index (κ2) is 3.97. The number of hydrogen-bond donors (Lipinski definition) is 0. The molecule has 4 nitrogen and oxygen atoms in total. The summed E-state index contributed by atoms with van der Waals surface area (Å²) >= 11 is 0. The minimum absolute atomic E-state index is 0.0350. The molecule has 0 spiro atoms. The van der Waals surface area contributed by atoms with E-state index in [1.54, 1.807) is 0 Å². The number of aromatic nitrogens is 2. The van der Waals surface area contributed by atoms with Gasteiger partial charge in [0.05, 0.1) is 6.20 Å². The van der Waals surface area contributed by atoms with Gasteiger partial charge in [-0.05, 0) is 0 Å². The molecule has 0 radical (unpaired) electrons. The smallest absolute Gasteiger partial charge is 0.309 e. The molecular weight excluding hydrogens is 182 g/mol. The van der Waals surface area contributed by atoms with Crippen molar-refractivity contribution < 1.29 is 18.3 Å². The van der Waals surface area contributed by atoms with Gasteiger partial charge in [0.25, 0.3) is 6.43 Å². The Kier molecular flexibility index (Phi) is 2.94. The average Bonchev–Trinajstić information content (AvgIpc) is 2.34. The molecule has 6 heteroatoms. The molecule has 0 amide bonds. The van der Waals surface area contributed by atoms with Gasteiger partial charge >= 0.3 is 5.97 Å². The standard InChI is InChI=1S/C7H8F2N2O2/c1-5(12)13-7-2-3-10-11(7)4-6(8)9/h2-3,6H,4H2,1H3. The van der Waals surface area contributed by atoms with Crippen LogP contribution in [-0.2, 0) is 11.3 Å². The van der Waals surface area contributed by atoms with Crippen LogP contribution in [0.15, 0.2) is 12.3 Å². The second-order valence-electron chi connectivity index (χ2n) is 2.34. The number of carbonyl (C=O) groups is 1. The summed E-state index contributed by atoms with van der Waals surface area (Å²) in [6.45, 7) is 0.620. The van der Waals surface area contributed by atoms with E-state index in [9.17, 15) is 13.6 Å². The van der Waals surface area contributed by atoms with E-state index >= 15 is 0 Å². The molecule has 1 heterocycles. The fraction of sp³-hybridized carbons (Fsp3) is 0.429. The zero-order valence-electron chi connectivity index (χ0n) is 6.91. The third kappa shape index (κ3) is 2.81. The topological polar surface area (TPSA) is 44.1 Å². The predicted octanol–water partition coefficient (Wildman–Crippen LogP) is 1.07. The van der Waals surface area contributed by atoms with Crippen LogP contribution in [0.3, 0.4) is 0 Å². The fourth-order valence-electron chi connectivity index (χ4n) is 0.822. The Bertz CT molecular complexity index is 298. The second-order valence-corrected chi connectivity index (χ2v) is 2.34. The third-order valence-electron chi connectivity index (χ3n) is 1.24. The van der Waals surface area contributed by atoms with Crippen molar-refractivity contribution in [2.24, 2.45) is 0 Å². The molecule has 0 saturated heterocycles. The van der Waals surface area contributed by atoms with Crippen molar-refractivity contribution in [3.05, 3.63) is 12.3 Å². The van der Waals surface area contributed by atoms with E-state index in [2.05, 4.69) is 9.84 Å². The molecular formula is C7H8F2N2O2. The van der Waals surface area contributed by atoms with Gasteiger partial charge in [-0.2, -0.15) is 5.10 Å². The van der Waals surface area contributed by atoms with Gasteiger partial charge in [-0.25, -0.2) is 13.5 Å². The van der Waals surface area contributed by atoms with Crippen molar-refractivity contribution >= 4 is 5.97 Å². The van der Waals surface area contributed by atoms with E-state index in [-0.39, 0.29) is 5.88 Å². The highest BCUT2D eigenvalue weighted by Crippen LogP contribution is 2.11. The number of nitrogens with zero attached hydrogens (tertiary/aromatic N) is 2. The van der Waals surface area contributed by atoms with Gasteiger partial charge in [-0.15, -0.1) is 0 Å². The van der Waals surface area contributed by atoms with Gasteiger partial charge in [0.2, 0.25) is 5.88 Å². The first-order valence-electron chi connectivity index (χ1n) is 3.58. The summed E-state index contributed by atoms with van der Waals surface area (Å²) in [5.74, 6) is -0.524. The minimum Gasteiger partial charge on any atom is -0.408 e. The molecule has 0 N–H and O–H groups in total. The van der Waals surface area contributed by atoms with E-state index in [0.29, 0.717) is 0 Å². The van der Waals surface area contributed by atoms with Crippen LogP contribution >= 0.6 is 0 Å². The largest absolute Gasteiger partial charge is 0.408 e. The molecule has 1 aromatic heterocycles. The first-order chi connectivity index (χ1) is 6.09. The number of esters is 1. The number of hydrogen-bond acceptors (Lipinski definition) is 3. The molecule has 0 aliphatic rings. The molecule has 0 aliphatic heterocycles. The third-order valence-corrected chi connectivity index (χ3v) is 1.24. The van der Waals surface area contributed by atoms with Crippen molar-refractivity contribution in [1.29, 1.82) is 0 Å². The normalized spacial score (nSPS) is 10.5. The van der Waals surface area contributed by atoms with E-state index in [1.807, 2.05) is 0 Å². The van der Waals surface area contributed by atoms with Crippen molar-refractivity contribution in [2.45, 2.75) is 19.9 Å². The lowest BCUT2D eigenvalue weighted by molar-refractivity contribution is -0.132. The summed E-state index contributed by atoms with van der Waals surface area (Å²) in [6.07, 6.45) is -1.23. The van der Waals surface area contributed by atoms with Crippen LogP contribution in [0.2, 0.25) is 0 Å². The quantitative estimate of drug-likeness (QED) is 0.669. The highest BCUT2D eigenvalue weighted by Gasteiger charge is 2.10. The average molecular weight is 190 g/mol. The van der Waals surface area contributed by atoms with Crippen molar-refractivity contribution in [3.8, 4) is 5.88 Å². The SMILES string of the molecule is CC(=O)Oc1ccnn1CC(F)F. The summed E-state index contributed by atoms with van der Waals surface area (Å²) in [5.41, 5.74) is 0. The Balaban J connectivity index is 2.71. The van der Waals surface area contributed by atoms with E-state index in [1.165, 1.54) is 19.2 Å². The van der Waals surface area contributed by atoms with E-state index in [0.717, 1.165) is 4.68 Å². The lowest BCUT2D eigenvalue weighted by Crippen LogP contribution is -2.12. The van der Waals surface area contributed by atoms with Gasteiger partial charge in [-0.3, -0.25) is 4.79 Å². The maximum Gasteiger partial charge on any atom is 0.309 e. The summed E-state index contributed by atoms with van der Waals surface area (Å²) in [6, 6.07) is 1.35. The first-order valence-corrected chi connectivity index (χ1v) is 3.58. The fourth-order valence-corrected chi connectivity index (χ4v) is 0.822. The summed E-state index contributed by atoms with van der Waals surface area (Å²) in [4.78, 5) is 10.5. The number of halogens is 2. The zero-order chi connectivity index (χ0) is 9.84. The first kappa shape index (κ1) is 9.63. The lowest BCUT2D eigenvalue weighted by Gasteiger charge is -2.04. The minimum atomic E-state index is -2.52. The van der Waals surface area contributed by atoms with Crippen molar-refractivity contribution in [1.82, 2.24) is 9.78 Å². The lowest BCUT2D eigenvalue weighted by atomic mass is 10.6. The van der Waals surface area contributed by atoms with Crippen LogP contribution in [0, 0.1) is 0 Å². The van der Waals surface area contributed by atoms with Crippen molar-refractivity contribution in [2.75, 3.05) is 0 Å². The Labute approximate surface area is 73.1 Å². The summed E-state index contributed by atoms with van der Waals surface area (Å²) in [5, 5.41) is 3.57. The predicted molar refractivity (Wildman–Crippen MR) is 39.5 cm³/mol. The highest BCUT2D eigenvalue weighted by atomic mass is 19.3. The molecule has 0 aliphatic carbocycles.